The second kappa shape index (κ2) is 4.09. The van der Waals surface area contributed by atoms with Crippen LogP contribution in [0.5, 0.6) is 0 Å². The molecule has 6 heteroatoms. The molecule has 2 saturated heterocycles. The van der Waals surface area contributed by atoms with Crippen molar-refractivity contribution >= 4 is 12.1 Å². The molecular weight excluding hydrogens is 222 g/mol. The van der Waals surface area contributed by atoms with Crippen molar-refractivity contribution in [2.45, 2.75) is 32.4 Å². The lowest BCUT2D eigenvalue weighted by molar-refractivity contribution is 0.0128. The number of amides is 3. The zero-order valence-electron chi connectivity index (χ0n) is 10.5. The molecule has 2 heterocycles. The monoisotopic (exact) mass is 241 g/mol. The van der Waals surface area contributed by atoms with Crippen molar-refractivity contribution in [3.8, 4) is 0 Å². The summed E-state index contributed by atoms with van der Waals surface area (Å²) in [4.78, 5) is 26.7. The van der Waals surface area contributed by atoms with Crippen LogP contribution in [0.2, 0.25) is 0 Å². The van der Waals surface area contributed by atoms with Crippen LogP contribution in [0.1, 0.15) is 20.8 Å². The first-order valence-corrected chi connectivity index (χ1v) is 5.89. The minimum absolute atomic E-state index is 0.0289. The van der Waals surface area contributed by atoms with Crippen LogP contribution in [0.3, 0.4) is 0 Å². The summed E-state index contributed by atoms with van der Waals surface area (Å²) in [6, 6.07) is 0.0580. The van der Waals surface area contributed by atoms with Gasteiger partial charge in [0.2, 0.25) is 0 Å². The van der Waals surface area contributed by atoms with E-state index in [4.69, 9.17) is 4.74 Å². The highest BCUT2D eigenvalue weighted by atomic mass is 16.6. The van der Waals surface area contributed by atoms with Gasteiger partial charge in [-0.05, 0) is 20.8 Å². The van der Waals surface area contributed by atoms with Crippen molar-refractivity contribution in [1.29, 1.82) is 0 Å². The fourth-order valence-electron chi connectivity index (χ4n) is 2.10. The first kappa shape index (κ1) is 12.0. The van der Waals surface area contributed by atoms with Crippen LogP contribution >= 0.6 is 0 Å². The number of carbonyl (C=O) groups excluding carboxylic acids is 2. The molecule has 2 aliphatic rings. The topological polar surface area (TPSA) is 61.9 Å². The molecule has 0 saturated carbocycles. The molecule has 2 aliphatic heterocycles. The Morgan fingerprint density at radius 3 is 2.76 bits per heavy atom. The highest BCUT2D eigenvalue weighted by Crippen LogP contribution is 2.17. The van der Waals surface area contributed by atoms with Crippen LogP contribution in [0.25, 0.3) is 0 Å². The summed E-state index contributed by atoms with van der Waals surface area (Å²) >= 11 is 0. The fourth-order valence-corrected chi connectivity index (χ4v) is 2.10. The lowest BCUT2D eigenvalue weighted by Crippen LogP contribution is -2.54. The number of piperazine rings is 1. The Hall–Kier alpha value is -1.46. The lowest BCUT2D eigenvalue weighted by Gasteiger charge is -2.37. The van der Waals surface area contributed by atoms with Crippen LogP contribution < -0.4 is 5.32 Å². The van der Waals surface area contributed by atoms with E-state index in [1.54, 1.807) is 9.80 Å². The number of nitrogens with zero attached hydrogens (tertiary/aromatic N) is 2. The van der Waals surface area contributed by atoms with Gasteiger partial charge in [-0.3, -0.25) is 0 Å². The molecule has 1 unspecified atom stereocenters. The molecule has 0 aromatic heterocycles. The van der Waals surface area contributed by atoms with E-state index >= 15 is 0 Å². The molecule has 0 aromatic carbocycles. The Bertz CT molecular complexity index is 337. The average molecular weight is 241 g/mol. The van der Waals surface area contributed by atoms with Gasteiger partial charge in [0.25, 0.3) is 0 Å². The van der Waals surface area contributed by atoms with Crippen molar-refractivity contribution in [2.75, 3.05) is 26.2 Å². The van der Waals surface area contributed by atoms with Gasteiger partial charge in [0.15, 0.2) is 0 Å². The minimum Gasteiger partial charge on any atom is -0.444 e. The molecule has 0 aromatic rings. The molecule has 0 aliphatic carbocycles. The highest BCUT2D eigenvalue weighted by molar-refractivity contribution is 5.77. The molecule has 2 fully saturated rings. The lowest BCUT2D eigenvalue weighted by atomic mass is 10.2. The molecule has 96 valence electrons. The maximum atomic E-state index is 11.9. The molecule has 1 N–H and O–H groups in total. The summed E-state index contributed by atoms with van der Waals surface area (Å²) in [5, 5.41) is 2.78. The van der Waals surface area contributed by atoms with Crippen molar-refractivity contribution in [3.05, 3.63) is 0 Å². The van der Waals surface area contributed by atoms with Gasteiger partial charge in [0.05, 0.1) is 6.04 Å². The maximum Gasteiger partial charge on any atom is 0.410 e. The number of urea groups is 1. The Morgan fingerprint density at radius 1 is 1.41 bits per heavy atom. The molecule has 3 amide bonds. The van der Waals surface area contributed by atoms with Gasteiger partial charge in [-0.1, -0.05) is 0 Å². The van der Waals surface area contributed by atoms with Gasteiger partial charge in [-0.25, -0.2) is 9.59 Å². The van der Waals surface area contributed by atoms with E-state index in [2.05, 4.69) is 5.32 Å². The Morgan fingerprint density at radius 2 is 2.12 bits per heavy atom. The minimum atomic E-state index is -0.474. The van der Waals surface area contributed by atoms with Crippen molar-refractivity contribution < 1.29 is 14.3 Å². The summed E-state index contributed by atoms with van der Waals surface area (Å²) in [6.07, 6.45) is -0.295. The summed E-state index contributed by atoms with van der Waals surface area (Å²) in [5.41, 5.74) is -0.474. The van der Waals surface area contributed by atoms with E-state index in [1.165, 1.54) is 0 Å². The standard InChI is InChI=1S/C11H19N3O3/c1-11(2,3)17-10(16)13-4-5-14-8(7-13)6-12-9(14)15/h8H,4-7H2,1-3H3,(H,12,15). The zero-order valence-corrected chi connectivity index (χ0v) is 10.5. The van der Waals surface area contributed by atoms with E-state index in [1.807, 2.05) is 20.8 Å². The number of fused-ring (bicyclic) bond motifs is 1. The summed E-state index contributed by atoms with van der Waals surface area (Å²) in [5.74, 6) is 0. The molecule has 2 rings (SSSR count). The molecule has 6 nitrogen and oxygen atoms in total. The van der Waals surface area contributed by atoms with Gasteiger partial charge in [-0.15, -0.1) is 0 Å². The molecule has 0 spiro atoms. The summed E-state index contributed by atoms with van der Waals surface area (Å²) < 4.78 is 5.32. The molecule has 17 heavy (non-hydrogen) atoms. The smallest absolute Gasteiger partial charge is 0.410 e. The van der Waals surface area contributed by atoms with Gasteiger partial charge in [0, 0.05) is 26.2 Å². The number of ether oxygens (including phenoxy) is 1. The molecule has 1 atom stereocenters. The van der Waals surface area contributed by atoms with Crippen LogP contribution in [-0.2, 0) is 4.74 Å². The van der Waals surface area contributed by atoms with Crippen LogP contribution in [0.15, 0.2) is 0 Å². The number of hydrogen-bond donors (Lipinski definition) is 1. The Balaban J connectivity index is 1.93. The predicted octanol–water partition coefficient (Wildman–Crippen LogP) is 0.631. The number of nitrogens with one attached hydrogen (secondary N) is 1. The second-order valence-corrected chi connectivity index (χ2v) is 5.46. The third kappa shape index (κ3) is 2.62. The van der Waals surface area contributed by atoms with Gasteiger partial charge >= 0.3 is 12.1 Å². The SMILES string of the molecule is CC(C)(C)OC(=O)N1CCN2C(=O)NCC2C1. The van der Waals surface area contributed by atoms with E-state index < -0.39 is 5.60 Å². The van der Waals surface area contributed by atoms with Crippen molar-refractivity contribution in [1.82, 2.24) is 15.1 Å². The van der Waals surface area contributed by atoms with Crippen LogP contribution in [0.4, 0.5) is 9.59 Å². The largest absolute Gasteiger partial charge is 0.444 e. The van der Waals surface area contributed by atoms with Gasteiger partial charge in [-0.2, -0.15) is 0 Å². The highest BCUT2D eigenvalue weighted by Gasteiger charge is 2.37. The third-order valence-electron chi connectivity index (χ3n) is 2.88. The Kier molecular flexibility index (Phi) is 2.89. The van der Waals surface area contributed by atoms with Crippen LogP contribution in [0, 0.1) is 0 Å². The first-order valence-electron chi connectivity index (χ1n) is 5.89. The number of rotatable bonds is 0. The number of hydrogen-bond acceptors (Lipinski definition) is 3. The summed E-state index contributed by atoms with van der Waals surface area (Å²) in [7, 11) is 0. The first-order chi connectivity index (χ1) is 7.87. The third-order valence-corrected chi connectivity index (χ3v) is 2.88. The molecule has 0 bridgehead atoms. The number of carbonyl (C=O) groups is 2. The zero-order chi connectivity index (χ0) is 12.6. The molecular formula is C11H19N3O3. The normalized spacial score (nSPS) is 24.4. The van der Waals surface area contributed by atoms with Crippen molar-refractivity contribution in [2.24, 2.45) is 0 Å². The van der Waals surface area contributed by atoms with E-state index in [0.717, 1.165) is 0 Å². The quantitative estimate of drug-likeness (QED) is 0.676. The van der Waals surface area contributed by atoms with Gasteiger partial charge in [0.1, 0.15) is 5.60 Å². The average Bonchev–Trinajstić information content (AvgIpc) is 2.57. The van der Waals surface area contributed by atoms with Crippen molar-refractivity contribution in [3.63, 3.8) is 0 Å². The molecule has 0 radical (unpaired) electrons. The second-order valence-electron chi connectivity index (χ2n) is 5.46. The van der Waals surface area contributed by atoms with Gasteiger partial charge < -0.3 is 19.9 Å². The fraction of sp³-hybridized carbons (Fsp3) is 0.818. The van der Waals surface area contributed by atoms with Crippen LogP contribution in [-0.4, -0.2) is 59.7 Å². The Labute approximate surface area is 101 Å². The van der Waals surface area contributed by atoms with E-state index in [-0.39, 0.29) is 18.2 Å². The van der Waals surface area contributed by atoms with E-state index in [9.17, 15) is 9.59 Å². The summed E-state index contributed by atoms with van der Waals surface area (Å²) in [6.45, 7) is 7.83. The van der Waals surface area contributed by atoms with E-state index in [0.29, 0.717) is 26.2 Å². The predicted molar refractivity (Wildman–Crippen MR) is 61.7 cm³/mol. The maximum absolute atomic E-state index is 11.9.